The third-order valence-corrected chi connectivity index (χ3v) is 5.29. The van der Waals surface area contributed by atoms with E-state index in [-0.39, 0.29) is 16.1 Å². The molecular formula is C19H23FN2O4S. The molecule has 0 aliphatic rings. The van der Waals surface area contributed by atoms with E-state index in [1.165, 1.54) is 24.3 Å². The maximum absolute atomic E-state index is 13.3. The second kappa shape index (κ2) is 8.85. The summed E-state index contributed by atoms with van der Waals surface area (Å²) in [7, 11) is -4.03. The summed E-state index contributed by atoms with van der Waals surface area (Å²) in [6, 6.07) is 9.00. The van der Waals surface area contributed by atoms with Gasteiger partial charge in [-0.05, 0) is 49.2 Å². The smallest absolute Gasteiger partial charge is 0.337 e. The Hall–Kier alpha value is -2.61. The zero-order chi connectivity index (χ0) is 20.0. The highest BCUT2D eigenvalue weighted by Gasteiger charge is 2.19. The van der Waals surface area contributed by atoms with Crippen molar-refractivity contribution in [3.63, 3.8) is 0 Å². The Bertz CT molecular complexity index is 910. The van der Waals surface area contributed by atoms with E-state index in [9.17, 15) is 22.7 Å². The van der Waals surface area contributed by atoms with Crippen LogP contribution in [0.1, 0.15) is 37.0 Å². The first-order chi connectivity index (χ1) is 12.8. The van der Waals surface area contributed by atoms with E-state index in [2.05, 4.69) is 4.72 Å². The van der Waals surface area contributed by atoms with E-state index < -0.39 is 21.8 Å². The summed E-state index contributed by atoms with van der Waals surface area (Å²) in [5, 5.41) is 9.57. The minimum atomic E-state index is -4.03. The number of hydrogen-bond acceptors (Lipinski definition) is 4. The average Bonchev–Trinajstić information content (AvgIpc) is 2.61. The maximum atomic E-state index is 13.3. The lowest BCUT2D eigenvalue weighted by Crippen LogP contribution is -2.27. The van der Waals surface area contributed by atoms with Crippen molar-refractivity contribution in [1.82, 2.24) is 0 Å². The van der Waals surface area contributed by atoms with Crippen LogP contribution in [0.2, 0.25) is 0 Å². The summed E-state index contributed by atoms with van der Waals surface area (Å²) >= 11 is 0. The molecule has 0 saturated carbocycles. The van der Waals surface area contributed by atoms with E-state index in [4.69, 9.17) is 0 Å². The molecule has 0 atom stereocenters. The van der Waals surface area contributed by atoms with Crippen molar-refractivity contribution in [2.24, 2.45) is 0 Å². The van der Waals surface area contributed by atoms with Crippen molar-refractivity contribution in [1.29, 1.82) is 0 Å². The summed E-state index contributed by atoms with van der Waals surface area (Å²) in [6.07, 6.45) is 1.71. The van der Waals surface area contributed by atoms with Gasteiger partial charge < -0.3 is 10.0 Å². The van der Waals surface area contributed by atoms with Gasteiger partial charge in [-0.3, -0.25) is 4.72 Å². The molecule has 27 heavy (non-hydrogen) atoms. The topological polar surface area (TPSA) is 86.7 Å². The lowest BCUT2D eigenvalue weighted by atomic mass is 10.1. The fraction of sp³-hybridized carbons (Fsp3) is 0.316. The predicted molar refractivity (Wildman–Crippen MR) is 103 cm³/mol. The summed E-state index contributed by atoms with van der Waals surface area (Å²) in [4.78, 5) is 13.4. The molecule has 2 aromatic rings. The monoisotopic (exact) mass is 394 g/mol. The van der Waals surface area contributed by atoms with Gasteiger partial charge in [0.05, 0.1) is 16.1 Å². The summed E-state index contributed by atoms with van der Waals surface area (Å²) < 4.78 is 40.5. The molecule has 0 bridgehead atoms. The van der Waals surface area contributed by atoms with Crippen LogP contribution in [0.3, 0.4) is 0 Å². The van der Waals surface area contributed by atoms with Gasteiger partial charge in [-0.2, -0.15) is 0 Å². The SMILES string of the molecule is CCCN(CCC)c1ccc(NS(=O)(=O)c2cccc(F)c2)cc1C(=O)O. The first-order valence-corrected chi connectivity index (χ1v) is 10.2. The number of carbonyl (C=O) groups is 1. The van der Waals surface area contributed by atoms with Crippen molar-refractivity contribution in [2.75, 3.05) is 22.7 Å². The van der Waals surface area contributed by atoms with Gasteiger partial charge in [0.25, 0.3) is 10.0 Å². The van der Waals surface area contributed by atoms with Crippen molar-refractivity contribution in [3.05, 3.63) is 53.8 Å². The normalized spacial score (nSPS) is 11.2. The first-order valence-electron chi connectivity index (χ1n) is 8.69. The number of nitrogens with one attached hydrogen (secondary N) is 1. The molecule has 6 nitrogen and oxygen atoms in total. The number of carboxylic acid groups (broad SMARTS) is 1. The molecule has 0 spiro atoms. The fourth-order valence-corrected chi connectivity index (χ4v) is 3.87. The number of nitrogens with zero attached hydrogens (tertiary/aromatic N) is 1. The van der Waals surface area contributed by atoms with Crippen LogP contribution in [0.15, 0.2) is 47.4 Å². The van der Waals surface area contributed by atoms with E-state index in [1.807, 2.05) is 18.7 Å². The Morgan fingerprint density at radius 3 is 2.33 bits per heavy atom. The van der Waals surface area contributed by atoms with Crippen molar-refractivity contribution < 1.29 is 22.7 Å². The third kappa shape index (κ3) is 5.19. The van der Waals surface area contributed by atoms with Crippen molar-refractivity contribution in [3.8, 4) is 0 Å². The number of benzene rings is 2. The molecule has 2 N–H and O–H groups in total. The van der Waals surface area contributed by atoms with Crippen LogP contribution in [-0.4, -0.2) is 32.6 Å². The second-order valence-electron chi connectivity index (χ2n) is 6.09. The molecule has 8 heteroatoms. The van der Waals surface area contributed by atoms with Crippen LogP contribution >= 0.6 is 0 Å². The van der Waals surface area contributed by atoms with Crippen LogP contribution in [-0.2, 0) is 10.0 Å². The quantitative estimate of drug-likeness (QED) is 0.672. The average molecular weight is 394 g/mol. The summed E-state index contributed by atoms with van der Waals surface area (Å²) in [5.41, 5.74) is 0.657. The lowest BCUT2D eigenvalue weighted by Gasteiger charge is -2.25. The van der Waals surface area contributed by atoms with E-state index in [1.54, 1.807) is 6.07 Å². The largest absolute Gasteiger partial charge is 0.478 e. The molecule has 0 aromatic heterocycles. The minimum Gasteiger partial charge on any atom is -0.478 e. The Balaban J connectivity index is 2.39. The van der Waals surface area contributed by atoms with Gasteiger partial charge in [0, 0.05) is 18.8 Å². The molecule has 0 fully saturated rings. The molecule has 0 saturated heterocycles. The van der Waals surface area contributed by atoms with E-state index in [0.717, 1.165) is 25.0 Å². The number of anilines is 2. The van der Waals surface area contributed by atoms with Crippen LogP contribution < -0.4 is 9.62 Å². The highest BCUT2D eigenvalue weighted by molar-refractivity contribution is 7.92. The molecule has 2 rings (SSSR count). The summed E-state index contributed by atoms with van der Waals surface area (Å²) in [6.45, 7) is 5.40. The Kier molecular flexibility index (Phi) is 6.79. The van der Waals surface area contributed by atoms with Crippen LogP contribution in [0.4, 0.5) is 15.8 Å². The first kappa shape index (κ1) is 20.7. The van der Waals surface area contributed by atoms with Gasteiger partial charge in [0.1, 0.15) is 5.82 Å². The lowest BCUT2D eigenvalue weighted by molar-refractivity contribution is 0.0697. The predicted octanol–water partition coefficient (Wildman–Crippen LogP) is 3.95. The number of carboxylic acids is 1. The molecular weight excluding hydrogens is 371 g/mol. The second-order valence-corrected chi connectivity index (χ2v) is 7.77. The van der Waals surface area contributed by atoms with Crippen molar-refractivity contribution >= 4 is 27.4 Å². The standard InChI is InChI=1S/C19H23FN2O4S/c1-3-10-22(11-4-2)18-9-8-15(13-17(18)19(23)24)21-27(25,26)16-7-5-6-14(20)12-16/h5-9,12-13,21H,3-4,10-11H2,1-2H3,(H,23,24). The number of hydrogen-bond donors (Lipinski definition) is 2. The molecule has 0 amide bonds. The number of aromatic carboxylic acids is 1. The maximum Gasteiger partial charge on any atom is 0.337 e. The molecule has 2 aromatic carbocycles. The minimum absolute atomic E-state index is 0.0105. The molecule has 0 heterocycles. The molecule has 0 aliphatic heterocycles. The van der Waals surface area contributed by atoms with Gasteiger partial charge in [0.15, 0.2) is 0 Å². The number of halogens is 1. The van der Waals surface area contributed by atoms with Gasteiger partial charge in [-0.1, -0.05) is 19.9 Å². The van der Waals surface area contributed by atoms with Crippen LogP contribution in [0, 0.1) is 5.82 Å². The Labute approximate surface area is 158 Å². The Morgan fingerprint density at radius 2 is 1.78 bits per heavy atom. The summed E-state index contributed by atoms with van der Waals surface area (Å²) in [5.74, 6) is -1.82. The Morgan fingerprint density at radius 1 is 1.11 bits per heavy atom. The number of rotatable bonds is 9. The van der Waals surface area contributed by atoms with Gasteiger partial charge in [-0.25, -0.2) is 17.6 Å². The molecule has 146 valence electrons. The van der Waals surface area contributed by atoms with E-state index in [0.29, 0.717) is 18.8 Å². The number of sulfonamides is 1. The zero-order valence-corrected chi connectivity index (χ0v) is 16.1. The highest BCUT2D eigenvalue weighted by Crippen LogP contribution is 2.27. The molecule has 0 aliphatic carbocycles. The fourth-order valence-electron chi connectivity index (χ4n) is 2.79. The van der Waals surface area contributed by atoms with Crippen LogP contribution in [0.5, 0.6) is 0 Å². The third-order valence-electron chi connectivity index (χ3n) is 3.91. The van der Waals surface area contributed by atoms with Crippen molar-refractivity contribution in [2.45, 2.75) is 31.6 Å². The van der Waals surface area contributed by atoms with Gasteiger partial charge in [-0.15, -0.1) is 0 Å². The zero-order valence-electron chi connectivity index (χ0n) is 15.3. The van der Waals surface area contributed by atoms with Gasteiger partial charge >= 0.3 is 5.97 Å². The molecule has 0 radical (unpaired) electrons. The van der Waals surface area contributed by atoms with Gasteiger partial charge in [0.2, 0.25) is 0 Å². The highest BCUT2D eigenvalue weighted by atomic mass is 32.2. The van der Waals surface area contributed by atoms with Crippen LogP contribution in [0.25, 0.3) is 0 Å². The van der Waals surface area contributed by atoms with E-state index >= 15 is 0 Å². The molecule has 0 unspecified atom stereocenters.